The number of sulfonamides is 1. The molecule has 0 unspecified atom stereocenters. The average molecular weight is 287 g/mol. The van der Waals surface area contributed by atoms with Crippen molar-refractivity contribution < 1.29 is 8.42 Å². The summed E-state index contributed by atoms with van der Waals surface area (Å²) in [6, 6.07) is 2.14. The molecule has 0 saturated heterocycles. The zero-order valence-corrected chi connectivity index (χ0v) is 13.3. The standard InChI is InChI=1S/C13H25N3O2S/c1-6-15(5)19(17,18)13-8-12(9-14-11(3)4)16(7-2)10-13/h8,10-11,14H,6-7,9H2,1-5H3. The topological polar surface area (TPSA) is 54.3 Å². The van der Waals surface area contributed by atoms with Gasteiger partial charge in [-0.2, -0.15) is 0 Å². The lowest BCUT2D eigenvalue weighted by molar-refractivity contribution is 0.486. The lowest BCUT2D eigenvalue weighted by Gasteiger charge is -2.12. The Morgan fingerprint density at radius 3 is 2.47 bits per heavy atom. The van der Waals surface area contributed by atoms with Gasteiger partial charge in [0.1, 0.15) is 4.90 Å². The van der Waals surface area contributed by atoms with Crippen molar-refractivity contribution in [1.82, 2.24) is 14.2 Å². The highest BCUT2D eigenvalue weighted by Crippen LogP contribution is 2.18. The Morgan fingerprint density at radius 1 is 1.37 bits per heavy atom. The van der Waals surface area contributed by atoms with E-state index < -0.39 is 10.0 Å². The summed E-state index contributed by atoms with van der Waals surface area (Å²) >= 11 is 0. The second kappa shape index (κ2) is 6.54. The number of aromatic nitrogens is 1. The maximum absolute atomic E-state index is 12.3. The van der Waals surface area contributed by atoms with E-state index in [1.165, 1.54) is 4.31 Å². The summed E-state index contributed by atoms with van der Waals surface area (Å²) in [7, 11) is -1.75. The average Bonchev–Trinajstić information content (AvgIpc) is 2.78. The van der Waals surface area contributed by atoms with Gasteiger partial charge in [0.15, 0.2) is 0 Å². The Labute approximate surface area is 116 Å². The highest BCUT2D eigenvalue weighted by atomic mass is 32.2. The summed E-state index contributed by atoms with van der Waals surface area (Å²) in [5, 5.41) is 3.32. The smallest absolute Gasteiger partial charge is 0.244 e. The van der Waals surface area contributed by atoms with Crippen molar-refractivity contribution in [2.75, 3.05) is 13.6 Å². The van der Waals surface area contributed by atoms with E-state index in [0.29, 0.717) is 24.0 Å². The quantitative estimate of drug-likeness (QED) is 0.829. The number of aryl methyl sites for hydroxylation is 1. The van der Waals surface area contributed by atoms with Crippen LogP contribution in [0.4, 0.5) is 0 Å². The fourth-order valence-electron chi connectivity index (χ4n) is 1.77. The molecule has 19 heavy (non-hydrogen) atoms. The van der Waals surface area contributed by atoms with E-state index in [1.54, 1.807) is 19.3 Å². The van der Waals surface area contributed by atoms with Crippen molar-refractivity contribution in [1.29, 1.82) is 0 Å². The molecule has 0 bridgehead atoms. The van der Waals surface area contributed by atoms with E-state index in [-0.39, 0.29) is 0 Å². The normalized spacial score (nSPS) is 12.6. The Morgan fingerprint density at radius 2 is 2.00 bits per heavy atom. The van der Waals surface area contributed by atoms with E-state index in [1.807, 2.05) is 18.4 Å². The molecule has 110 valence electrons. The minimum atomic E-state index is -3.35. The third-order valence-electron chi connectivity index (χ3n) is 3.15. The van der Waals surface area contributed by atoms with Crippen LogP contribution in [0.15, 0.2) is 17.2 Å². The molecule has 1 N–H and O–H groups in total. The third kappa shape index (κ3) is 3.81. The molecule has 0 radical (unpaired) electrons. The fraction of sp³-hybridized carbons (Fsp3) is 0.692. The molecule has 0 spiro atoms. The Hall–Kier alpha value is -0.850. The summed E-state index contributed by atoms with van der Waals surface area (Å²) in [6.45, 7) is 9.90. The van der Waals surface area contributed by atoms with Crippen LogP contribution in [-0.4, -0.2) is 36.9 Å². The van der Waals surface area contributed by atoms with Gasteiger partial charge in [-0.1, -0.05) is 20.8 Å². The molecule has 0 aromatic carbocycles. The van der Waals surface area contributed by atoms with Gasteiger partial charge < -0.3 is 9.88 Å². The van der Waals surface area contributed by atoms with E-state index in [2.05, 4.69) is 19.2 Å². The minimum Gasteiger partial charge on any atom is -0.349 e. The second-order valence-corrected chi connectivity index (χ2v) is 6.95. The maximum Gasteiger partial charge on any atom is 0.244 e. The Kier molecular flexibility index (Phi) is 5.58. The summed E-state index contributed by atoms with van der Waals surface area (Å²) in [6.07, 6.45) is 1.72. The van der Waals surface area contributed by atoms with Crippen molar-refractivity contribution >= 4 is 10.0 Å². The largest absolute Gasteiger partial charge is 0.349 e. The molecule has 1 heterocycles. The Bertz CT molecular complexity index is 506. The van der Waals surface area contributed by atoms with Gasteiger partial charge in [-0.3, -0.25) is 0 Å². The Balaban J connectivity index is 3.05. The summed E-state index contributed by atoms with van der Waals surface area (Å²) in [5.74, 6) is 0. The van der Waals surface area contributed by atoms with Crippen LogP contribution in [0.3, 0.4) is 0 Å². The van der Waals surface area contributed by atoms with Gasteiger partial charge in [-0.25, -0.2) is 12.7 Å². The third-order valence-corrected chi connectivity index (χ3v) is 5.04. The lowest BCUT2D eigenvalue weighted by atomic mass is 10.3. The van der Waals surface area contributed by atoms with Crippen LogP contribution >= 0.6 is 0 Å². The molecule has 0 aliphatic carbocycles. The first-order chi connectivity index (χ1) is 8.82. The van der Waals surface area contributed by atoms with Crippen molar-refractivity contribution in [2.24, 2.45) is 0 Å². The molecule has 0 aliphatic rings. The minimum absolute atomic E-state index is 0.374. The SMILES string of the molecule is CCN(C)S(=O)(=O)c1cc(CNC(C)C)n(CC)c1. The van der Waals surface area contributed by atoms with Crippen LogP contribution in [0.5, 0.6) is 0 Å². The molecule has 0 fully saturated rings. The molecule has 0 amide bonds. The van der Waals surface area contributed by atoms with Gasteiger partial charge in [-0.15, -0.1) is 0 Å². The molecule has 0 atom stereocenters. The van der Waals surface area contributed by atoms with Gasteiger partial charge in [0.05, 0.1) is 0 Å². The molecule has 6 heteroatoms. The number of nitrogens with one attached hydrogen (secondary N) is 1. The zero-order valence-electron chi connectivity index (χ0n) is 12.5. The van der Waals surface area contributed by atoms with Gasteiger partial charge in [0.25, 0.3) is 0 Å². The van der Waals surface area contributed by atoms with Crippen LogP contribution in [0.25, 0.3) is 0 Å². The number of nitrogens with zero attached hydrogens (tertiary/aromatic N) is 2. The first-order valence-electron chi connectivity index (χ1n) is 6.71. The van der Waals surface area contributed by atoms with Crippen LogP contribution in [-0.2, 0) is 23.1 Å². The van der Waals surface area contributed by atoms with Crippen molar-refractivity contribution in [3.63, 3.8) is 0 Å². The lowest BCUT2D eigenvalue weighted by Crippen LogP contribution is -2.26. The zero-order chi connectivity index (χ0) is 14.6. The van der Waals surface area contributed by atoms with Gasteiger partial charge >= 0.3 is 0 Å². The molecule has 1 aromatic heterocycles. The van der Waals surface area contributed by atoms with Gasteiger partial charge in [-0.05, 0) is 13.0 Å². The van der Waals surface area contributed by atoms with Crippen molar-refractivity contribution in [2.45, 2.75) is 51.7 Å². The van der Waals surface area contributed by atoms with Gasteiger partial charge in [0.2, 0.25) is 10.0 Å². The molecular weight excluding hydrogens is 262 g/mol. The molecular formula is C13H25N3O2S. The molecule has 1 rings (SSSR count). The van der Waals surface area contributed by atoms with E-state index in [4.69, 9.17) is 0 Å². The predicted molar refractivity (Wildman–Crippen MR) is 77.6 cm³/mol. The molecule has 0 saturated carbocycles. The highest BCUT2D eigenvalue weighted by Gasteiger charge is 2.22. The van der Waals surface area contributed by atoms with Crippen molar-refractivity contribution in [3.8, 4) is 0 Å². The van der Waals surface area contributed by atoms with E-state index in [0.717, 1.165) is 12.2 Å². The summed E-state index contributed by atoms with van der Waals surface area (Å²) < 4.78 is 27.9. The first kappa shape index (κ1) is 16.2. The van der Waals surface area contributed by atoms with Crippen LogP contribution in [0, 0.1) is 0 Å². The van der Waals surface area contributed by atoms with E-state index in [9.17, 15) is 8.42 Å². The highest BCUT2D eigenvalue weighted by molar-refractivity contribution is 7.89. The number of rotatable bonds is 7. The summed E-state index contributed by atoms with van der Waals surface area (Å²) in [4.78, 5) is 0.374. The predicted octanol–water partition coefficient (Wildman–Crippen LogP) is 1.65. The first-order valence-corrected chi connectivity index (χ1v) is 8.15. The van der Waals surface area contributed by atoms with Gasteiger partial charge in [0, 0.05) is 44.6 Å². The summed E-state index contributed by atoms with van der Waals surface area (Å²) in [5.41, 5.74) is 0.999. The monoisotopic (exact) mass is 287 g/mol. The molecule has 0 aliphatic heterocycles. The van der Waals surface area contributed by atoms with Crippen LogP contribution in [0.2, 0.25) is 0 Å². The molecule has 5 nitrogen and oxygen atoms in total. The molecule has 1 aromatic rings. The fourth-order valence-corrected chi connectivity index (χ4v) is 3.01. The van der Waals surface area contributed by atoms with Crippen LogP contribution in [0.1, 0.15) is 33.4 Å². The van der Waals surface area contributed by atoms with Crippen molar-refractivity contribution in [3.05, 3.63) is 18.0 Å². The van der Waals surface area contributed by atoms with E-state index >= 15 is 0 Å². The number of hydrogen-bond donors (Lipinski definition) is 1. The van der Waals surface area contributed by atoms with Crippen LogP contribution < -0.4 is 5.32 Å². The number of hydrogen-bond acceptors (Lipinski definition) is 3. The maximum atomic E-state index is 12.3. The second-order valence-electron chi connectivity index (χ2n) is 4.91.